The van der Waals surface area contributed by atoms with Gasteiger partial charge in [0.05, 0.1) is 6.61 Å². The monoisotopic (exact) mass is 351 g/mol. The minimum Gasteiger partial charge on any atom is -0.493 e. The average Bonchev–Trinajstić information content (AvgIpc) is 2.60. The van der Waals surface area contributed by atoms with Gasteiger partial charge in [-0.15, -0.1) is 12.4 Å². The van der Waals surface area contributed by atoms with Crippen molar-refractivity contribution < 1.29 is 13.9 Å². The summed E-state index contributed by atoms with van der Waals surface area (Å²) < 4.78 is 24.6. The Morgan fingerprint density at radius 3 is 2.46 bits per heavy atom. The number of halogens is 2. The molecule has 0 aromatic heterocycles. The molecule has 0 radical (unpaired) electrons. The Labute approximate surface area is 148 Å². The van der Waals surface area contributed by atoms with E-state index in [1.807, 2.05) is 30.3 Å². The summed E-state index contributed by atoms with van der Waals surface area (Å²) in [7, 11) is 0. The molecule has 0 aliphatic carbocycles. The zero-order chi connectivity index (χ0) is 15.9. The van der Waals surface area contributed by atoms with Crippen LogP contribution in [0.1, 0.15) is 18.4 Å². The van der Waals surface area contributed by atoms with Gasteiger partial charge >= 0.3 is 0 Å². The van der Waals surface area contributed by atoms with Crippen molar-refractivity contribution in [2.45, 2.75) is 19.4 Å². The molecular formula is C19H23ClFNO2. The molecule has 130 valence electrons. The molecule has 1 unspecified atom stereocenters. The molecule has 1 N–H and O–H groups in total. The van der Waals surface area contributed by atoms with Gasteiger partial charge in [-0.1, -0.05) is 12.1 Å². The fourth-order valence-corrected chi connectivity index (χ4v) is 2.71. The van der Waals surface area contributed by atoms with Crippen molar-refractivity contribution in [2.24, 2.45) is 5.92 Å². The lowest BCUT2D eigenvalue weighted by atomic mass is 10.0. The van der Waals surface area contributed by atoms with E-state index >= 15 is 0 Å². The summed E-state index contributed by atoms with van der Waals surface area (Å²) in [6.07, 6.45) is 2.45. The summed E-state index contributed by atoms with van der Waals surface area (Å²) >= 11 is 0. The van der Waals surface area contributed by atoms with Crippen LogP contribution in [0, 0.1) is 11.7 Å². The Hall–Kier alpha value is -1.78. The fraction of sp³-hybridized carbons (Fsp3) is 0.368. The highest BCUT2D eigenvalue weighted by atomic mass is 35.5. The highest BCUT2D eigenvalue weighted by Crippen LogP contribution is 2.20. The number of ether oxygens (including phenoxy) is 2. The van der Waals surface area contributed by atoms with E-state index in [0.29, 0.717) is 12.5 Å². The van der Waals surface area contributed by atoms with Crippen molar-refractivity contribution in [3.63, 3.8) is 0 Å². The number of piperidine rings is 1. The van der Waals surface area contributed by atoms with Crippen LogP contribution in [0.3, 0.4) is 0 Å². The lowest BCUT2D eigenvalue weighted by molar-refractivity contribution is 0.218. The third kappa shape index (κ3) is 5.69. The standard InChI is InChI=1S/C19H22FNO2.ClH/c20-17-5-1-3-15(11-17)13-22-18-6-8-19(9-7-18)23-14-16-4-2-10-21-12-16;/h1,3,5-9,11,16,21H,2,4,10,12-14H2;1H. The molecule has 0 bridgehead atoms. The first-order valence-electron chi connectivity index (χ1n) is 8.10. The number of rotatable bonds is 6. The van der Waals surface area contributed by atoms with Crippen molar-refractivity contribution in [2.75, 3.05) is 19.7 Å². The topological polar surface area (TPSA) is 30.5 Å². The zero-order valence-electron chi connectivity index (χ0n) is 13.5. The molecule has 2 aromatic rings. The van der Waals surface area contributed by atoms with Crippen molar-refractivity contribution >= 4 is 12.4 Å². The summed E-state index contributed by atoms with van der Waals surface area (Å²) in [5.41, 5.74) is 0.815. The van der Waals surface area contributed by atoms with Crippen LogP contribution in [0.2, 0.25) is 0 Å². The summed E-state index contributed by atoms with van der Waals surface area (Å²) in [6, 6.07) is 14.0. The van der Waals surface area contributed by atoms with Gasteiger partial charge in [0.1, 0.15) is 23.9 Å². The van der Waals surface area contributed by atoms with E-state index < -0.39 is 0 Å². The molecule has 0 amide bonds. The molecule has 1 atom stereocenters. The number of hydrogen-bond donors (Lipinski definition) is 1. The first-order valence-corrected chi connectivity index (χ1v) is 8.10. The predicted octanol–water partition coefficient (Wildman–Crippen LogP) is 4.20. The van der Waals surface area contributed by atoms with Gasteiger partial charge in [0, 0.05) is 12.5 Å². The average molecular weight is 352 g/mol. The van der Waals surface area contributed by atoms with Crippen LogP contribution in [0.4, 0.5) is 4.39 Å². The lowest BCUT2D eigenvalue weighted by Gasteiger charge is -2.22. The number of hydrogen-bond acceptors (Lipinski definition) is 3. The van der Waals surface area contributed by atoms with Crippen LogP contribution in [-0.2, 0) is 6.61 Å². The maximum Gasteiger partial charge on any atom is 0.123 e. The Morgan fingerprint density at radius 2 is 1.79 bits per heavy atom. The first kappa shape index (κ1) is 18.6. The second kappa shape index (κ2) is 9.50. The van der Waals surface area contributed by atoms with Crippen molar-refractivity contribution in [1.29, 1.82) is 0 Å². The van der Waals surface area contributed by atoms with Crippen LogP contribution in [0.15, 0.2) is 48.5 Å². The molecule has 3 rings (SSSR count). The number of benzene rings is 2. The second-order valence-electron chi connectivity index (χ2n) is 5.91. The van der Waals surface area contributed by atoms with Gasteiger partial charge in [-0.2, -0.15) is 0 Å². The van der Waals surface area contributed by atoms with Gasteiger partial charge in [-0.25, -0.2) is 4.39 Å². The molecule has 1 aliphatic rings. The molecule has 1 fully saturated rings. The van der Waals surface area contributed by atoms with Crippen molar-refractivity contribution in [3.05, 3.63) is 59.9 Å². The van der Waals surface area contributed by atoms with E-state index in [-0.39, 0.29) is 18.2 Å². The molecule has 1 aliphatic heterocycles. The van der Waals surface area contributed by atoms with Gasteiger partial charge in [0.25, 0.3) is 0 Å². The maximum absolute atomic E-state index is 13.1. The number of nitrogens with one attached hydrogen (secondary N) is 1. The first-order chi connectivity index (χ1) is 11.3. The molecule has 0 spiro atoms. The van der Waals surface area contributed by atoms with Gasteiger partial charge in [-0.05, 0) is 61.3 Å². The van der Waals surface area contributed by atoms with Crippen LogP contribution >= 0.6 is 12.4 Å². The second-order valence-corrected chi connectivity index (χ2v) is 5.91. The maximum atomic E-state index is 13.1. The molecule has 2 aromatic carbocycles. The van der Waals surface area contributed by atoms with Gasteiger partial charge < -0.3 is 14.8 Å². The molecule has 1 heterocycles. The van der Waals surface area contributed by atoms with Crippen molar-refractivity contribution in [3.8, 4) is 11.5 Å². The zero-order valence-corrected chi connectivity index (χ0v) is 14.4. The van der Waals surface area contributed by atoms with Gasteiger partial charge in [0.2, 0.25) is 0 Å². The highest BCUT2D eigenvalue weighted by molar-refractivity contribution is 5.85. The van der Waals surface area contributed by atoms with Crippen LogP contribution < -0.4 is 14.8 Å². The van der Waals surface area contributed by atoms with E-state index in [1.165, 1.54) is 25.0 Å². The van der Waals surface area contributed by atoms with Crippen LogP contribution in [0.5, 0.6) is 11.5 Å². The Bertz CT molecular complexity index is 615. The molecule has 0 saturated carbocycles. The Kier molecular flexibility index (Phi) is 7.35. The van der Waals surface area contributed by atoms with E-state index in [4.69, 9.17) is 9.47 Å². The van der Waals surface area contributed by atoms with E-state index in [0.717, 1.165) is 36.8 Å². The molecule has 1 saturated heterocycles. The van der Waals surface area contributed by atoms with Gasteiger partial charge in [0.15, 0.2) is 0 Å². The summed E-state index contributed by atoms with van der Waals surface area (Å²) in [6.45, 7) is 3.25. The quantitative estimate of drug-likeness (QED) is 0.845. The lowest BCUT2D eigenvalue weighted by Crippen LogP contribution is -2.33. The molecule has 24 heavy (non-hydrogen) atoms. The summed E-state index contributed by atoms with van der Waals surface area (Å²) in [5.74, 6) is 1.95. The van der Waals surface area contributed by atoms with E-state index in [1.54, 1.807) is 6.07 Å². The Balaban J connectivity index is 0.00000208. The largest absolute Gasteiger partial charge is 0.493 e. The normalized spacial score (nSPS) is 17.0. The van der Waals surface area contributed by atoms with Gasteiger partial charge in [-0.3, -0.25) is 0 Å². The highest BCUT2D eigenvalue weighted by Gasteiger charge is 2.13. The smallest absolute Gasteiger partial charge is 0.123 e. The van der Waals surface area contributed by atoms with Crippen molar-refractivity contribution in [1.82, 2.24) is 5.32 Å². The van der Waals surface area contributed by atoms with Crippen LogP contribution in [-0.4, -0.2) is 19.7 Å². The molecule has 5 heteroatoms. The van der Waals surface area contributed by atoms with E-state index in [9.17, 15) is 4.39 Å². The minimum absolute atomic E-state index is 0. The minimum atomic E-state index is -0.243. The SMILES string of the molecule is Cl.Fc1cccc(COc2ccc(OCC3CCCNC3)cc2)c1. The van der Waals surface area contributed by atoms with Crippen LogP contribution in [0.25, 0.3) is 0 Å². The molecular weight excluding hydrogens is 329 g/mol. The third-order valence-corrected chi connectivity index (χ3v) is 4.00. The fourth-order valence-electron chi connectivity index (χ4n) is 2.71. The Morgan fingerprint density at radius 1 is 1.04 bits per heavy atom. The van der Waals surface area contributed by atoms with E-state index in [2.05, 4.69) is 5.32 Å². The molecule has 3 nitrogen and oxygen atoms in total. The summed E-state index contributed by atoms with van der Waals surface area (Å²) in [4.78, 5) is 0. The predicted molar refractivity (Wildman–Crippen MR) is 95.5 cm³/mol. The third-order valence-electron chi connectivity index (χ3n) is 4.00. The summed E-state index contributed by atoms with van der Waals surface area (Å²) in [5, 5.41) is 3.39.